The highest BCUT2D eigenvalue weighted by atomic mass is 79.9. The number of para-hydroxylation sites is 1. The number of nitrogens with one attached hydrogen (secondary N) is 1. The maximum Gasteiger partial charge on any atom is 0.410 e. The predicted molar refractivity (Wildman–Crippen MR) is 110 cm³/mol. The predicted octanol–water partition coefficient (Wildman–Crippen LogP) is 2.81. The fraction of sp³-hybridized carbons (Fsp3) is 0.400. The Labute approximate surface area is 176 Å². The summed E-state index contributed by atoms with van der Waals surface area (Å²) in [7, 11) is 0. The second kappa shape index (κ2) is 8.77. The number of likely N-dealkylation sites (tertiary alicyclic amines) is 1. The minimum Gasteiger partial charge on any atom is -0.444 e. The Kier molecular flexibility index (Phi) is 5.94. The molecule has 0 bridgehead atoms. The average Bonchev–Trinajstić information content (AvgIpc) is 3.39. The molecule has 1 N–H and O–H groups in total. The number of halogens is 1. The van der Waals surface area contributed by atoms with Gasteiger partial charge in [0.15, 0.2) is 6.10 Å². The minimum atomic E-state index is -0.412. The van der Waals surface area contributed by atoms with Gasteiger partial charge in [-0.2, -0.15) is 0 Å². The van der Waals surface area contributed by atoms with Crippen LogP contribution in [0.5, 0.6) is 0 Å². The van der Waals surface area contributed by atoms with E-state index < -0.39 is 6.09 Å². The molecule has 1 aromatic heterocycles. The van der Waals surface area contributed by atoms with Crippen molar-refractivity contribution >= 4 is 43.5 Å². The number of oxime groups is 1. The van der Waals surface area contributed by atoms with Crippen molar-refractivity contribution in [3.63, 3.8) is 0 Å². The lowest BCUT2D eigenvalue weighted by atomic mass is 10.1. The molecule has 3 heterocycles. The number of fused-ring (bicyclic) bond motifs is 1. The Balaban J connectivity index is 1.23. The zero-order chi connectivity index (χ0) is 20.2. The van der Waals surface area contributed by atoms with Crippen molar-refractivity contribution in [2.45, 2.75) is 25.6 Å². The molecule has 2 aliphatic rings. The summed E-state index contributed by atoms with van der Waals surface area (Å²) in [5.41, 5.74) is 1.73. The third-order valence-electron chi connectivity index (χ3n) is 5.03. The third kappa shape index (κ3) is 4.84. The van der Waals surface area contributed by atoms with Gasteiger partial charge in [0, 0.05) is 36.7 Å². The molecule has 152 valence electrons. The van der Waals surface area contributed by atoms with Crippen molar-refractivity contribution in [1.29, 1.82) is 0 Å². The van der Waals surface area contributed by atoms with Gasteiger partial charge in [0.25, 0.3) is 0 Å². The van der Waals surface area contributed by atoms with Gasteiger partial charge in [-0.3, -0.25) is 9.78 Å². The van der Waals surface area contributed by atoms with E-state index in [0.717, 1.165) is 21.1 Å². The molecule has 1 saturated heterocycles. The highest BCUT2D eigenvalue weighted by Gasteiger charge is 2.32. The van der Waals surface area contributed by atoms with Crippen LogP contribution >= 0.6 is 15.9 Å². The summed E-state index contributed by atoms with van der Waals surface area (Å²) in [6.45, 7) is 1.40. The number of hydrogen-bond donors (Lipinski definition) is 1. The molecule has 29 heavy (non-hydrogen) atoms. The smallest absolute Gasteiger partial charge is 0.410 e. The van der Waals surface area contributed by atoms with E-state index in [4.69, 9.17) is 9.57 Å². The van der Waals surface area contributed by atoms with Crippen LogP contribution in [0.2, 0.25) is 0 Å². The fourth-order valence-corrected chi connectivity index (χ4v) is 3.88. The van der Waals surface area contributed by atoms with Crippen LogP contribution in [-0.4, -0.2) is 52.2 Å². The fourth-order valence-electron chi connectivity index (χ4n) is 3.43. The summed E-state index contributed by atoms with van der Waals surface area (Å²) in [6, 6.07) is 9.75. The molecular formula is C20H21BrN4O4. The number of hydrogen-bond acceptors (Lipinski definition) is 6. The van der Waals surface area contributed by atoms with Gasteiger partial charge in [-0.05, 0) is 34.5 Å². The van der Waals surface area contributed by atoms with Crippen molar-refractivity contribution in [3.05, 3.63) is 42.1 Å². The van der Waals surface area contributed by atoms with Crippen molar-refractivity contribution in [1.82, 2.24) is 15.2 Å². The van der Waals surface area contributed by atoms with Gasteiger partial charge >= 0.3 is 6.09 Å². The van der Waals surface area contributed by atoms with E-state index in [1.54, 1.807) is 11.1 Å². The van der Waals surface area contributed by atoms with E-state index in [1.165, 1.54) is 0 Å². The van der Waals surface area contributed by atoms with Crippen LogP contribution in [0.4, 0.5) is 4.79 Å². The minimum absolute atomic E-state index is 0.0781. The molecule has 4 rings (SSSR count). The zero-order valence-corrected chi connectivity index (χ0v) is 17.3. The van der Waals surface area contributed by atoms with Crippen LogP contribution in [0.25, 0.3) is 10.9 Å². The van der Waals surface area contributed by atoms with E-state index in [0.29, 0.717) is 32.5 Å². The molecule has 2 aliphatic heterocycles. The standard InChI is InChI=1S/C20H21BrN4O4/c21-18-8-16(29-24-18)10-23-19(26)15-5-6-25(11-15)20(27)28-12-13-7-14-3-1-2-4-17(14)22-9-13/h1-4,7,9,15-16H,5-6,8,10-12H2,(H,23,26)/t15-,16+/m1/s1. The number of aromatic nitrogens is 1. The average molecular weight is 461 g/mol. The number of nitrogens with zero attached hydrogens (tertiary/aromatic N) is 3. The third-order valence-corrected chi connectivity index (χ3v) is 5.50. The Morgan fingerprint density at radius 2 is 2.21 bits per heavy atom. The van der Waals surface area contributed by atoms with Gasteiger partial charge in [-0.25, -0.2) is 4.79 Å². The van der Waals surface area contributed by atoms with Crippen LogP contribution in [0.15, 0.2) is 41.7 Å². The number of carbonyl (C=O) groups excluding carboxylic acids is 2. The molecule has 0 aliphatic carbocycles. The maximum atomic E-state index is 12.4. The van der Waals surface area contributed by atoms with Gasteiger partial charge < -0.3 is 19.8 Å². The number of pyridine rings is 1. The molecule has 1 aromatic carbocycles. The SMILES string of the molecule is O=C(NC[C@@H]1CC(Br)=NO1)[C@@H]1CCN(C(=O)OCc2cnc3ccccc3c2)C1. The molecular weight excluding hydrogens is 440 g/mol. The van der Waals surface area contributed by atoms with Crippen molar-refractivity contribution in [2.24, 2.45) is 11.1 Å². The van der Waals surface area contributed by atoms with Crippen LogP contribution in [0, 0.1) is 5.92 Å². The largest absolute Gasteiger partial charge is 0.444 e. The van der Waals surface area contributed by atoms with Crippen LogP contribution < -0.4 is 5.32 Å². The molecule has 1 fully saturated rings. The first-order valence-electron chi connectivity index (χ1n) is 9.50. The summed E-state index contributed by atoms with van der Waals surface area (Å²) in [6.07, 6.45) is 2.41. The molecule has 0 saturated carbocycles. The summed E-state index contributed by atoms with van der Waals surface area (Å²) < 4.78 is 6.16. The Bertz CT molecular complexity index is 951. The molecule has 9 heteroatoms. The van der Waals surface area contributed by atoms with Gasteiger partial charge in [-0.15, -0.1) is 0 Å². The lowest BCUT2D eigenvalue weighted by Crippen LogP contribution is -2.38. The van der Waals surface area contributed by atoms with Crippen molar-refractivity contribution < 1.29 is 19.2 Å². The zero-order valence-electron chi connectivity index (χ0n) is 15.7. The number of amides is 2. The Hall–Kier alpha value is -2.68. The maximum absolute atomic E-state index is 12.4. The van der Waals surface area contributed by atoms with Gasteiger partial charge in [0.1, 0.15) is 11.2 Å². The molecule has 0 spiro atoms. The number of rotatable bonds is 5. The molecule has 8 nitrogen and oxygen atoms in total. The van der Waals surface area contributed by atoms with E-state index in [1.807, 2.05) is 30.3 Å². The highest BCUT2D eigenvalue weighted by molar-refractivity contribution is 9.18. The second-order valence-corrected chi connectivity index (χ2v) is 8.08. The van der Waals surface area contributed by atoms with Crippen molar-refractivity contribution in [2.75, 3.05) is 19.6 Å². The highest BCUT2D eigenvalue weighted by Crippen LogP contribution is 2.19. The lowest BCUT2D eigenvalue weighted by Gasteiger charge is -2.17. The van der Waals surface area contributed by atoms with E-state index >= 15 is 0 Å². The first kappa shape index (κ1) is 19.6. The molecule has 2 aromatic rings. The first-order valence-corrected chi connectivity index (χ1v) is 10.3. The molecule has 0 unspecified atom stereocenters. The summed E-state index contributed by atoms with van der Waals surface area (Å²) in [5.74, 6) is -0.318. The topological polar surface area (TPSA) is 93.1 Å². The molecule has 2 amide bonds. The van der Waals surface area contributed by atoms with Crippen LogP contribution in [-0.2, 0) is 21.0 Å². The first-order chi connectivity index (χ1) is 14.1. The number of ether oxygens (including phenoxy) is 1. The van der Waals surface area contributed by atoms with Gasteiger partial charge in [-0.1, -0.05) is 23.4 Å². The van der Waals surface area contributed by atoms with E-state index in [-0.39, 0.29) is 24.5 Å². The summed E-state index contributed by atoms with van der Waals surface area (Å²) in [5, 5.41) is 7.68. The van der Waals surface area contributed by atoms with Crippen LogP contribution in [0.3, 0.4) is 0 Å². The summed E-state index contributed by atoms with van der Waals surface area (Å²) in [4.78, 5) is 35.8. The lowest BCUT2D eigenvalue weighted by molar-refractivity contribution is -0.125. The Morgan fingerprint density at radius 3 is 3.03 bits per heavy atom. The van der Waals surface area contributed by atoms with Gasteiger partial charge in [0.2, 0.25) is 5.91 Å². The number of benzene rings is 1. The van der Waals surface area contributed by atoms with E-state index in [2.05, 4.69) is 31.4 Å². The monoisotopic (exact) mass is 460 g/mol. The van der Waals surface area contributed by atoms with E-state index in [9.17, 15) is 9.59 Å². The van der Waals surface area contributed by atoms with Gasteiger partial charge in [0.05, 0.1) is 18.0 Å². The number of carbonyl (C=O) groups is 2. The second-order valence-electron chi connectivity index (χ2n) is 7.17. The van der Waals surface area contributed by atoms with Crippen molar-refractivity contribution in [3.8, 4) is 0 Å². The van der Waals surface area contributed by atoms with Crippen LogP contribution in [0.1, 0.15) is 18.4 Å². The quantitative estimate of drug-likeness (QED) is 0.740. The summed E-state index contributed by atoms with van der Waals surface area (Å²) >= 11 is 3.27. The molecule has 2 atom stereocenters. The molecule has 0 radical (unpaired) electrons. The normalized spacial score (nSPS) is 21.0. The Morgan fingerprint density at radius 1 is 1.34 bits per heavy atom.